The van der Waals surface area contributed by atoms with Crippen molar-refractivity contribution in [3.05, 3.63) is 77.1 Å². The number of pyridine rings is 1. The molecule has 5 aromatic rings. The lowest BCUT2D eigenvalue weighted by atomic mass is 9.92. The number of tetrazole rings is 1. The minimum atomic E-state index is -0.964. The van der Waals surface area contributed by atoms with Gasteiger partial charge in [0.25, 0.3) is 17.7 Å². The Labute approximate surface area is 405 Å². The molecule has 0 radical (unpaired) electrons. The average molecular weight is 950 g/mol. The van der Waals surface area contributed by atoms with Crippen molar-refractivity contribution < 1.29 is 24.0 Å². The molecule has 2 aromatic carbocycles. The van der Waals surface area contributed by atoms with Crippen LogP contribution in [0.5, 0.6) is 0 Å². The topological polar surface area (TPSA) is 214 Å². The summed E-state index contributed by atoms with van der Waals surface area (Å²) < 4.78 is 1.65. The molecular weight excluding hydrogens is 891 g/mol. The highest BCUT2D eigenvalue weighted by molar-refractivity contribution is 6.23. The van der Waals surface area contributed by atoms with Crippen molar-refractivity contribution in [1.82, 2.24) is 55.4 Å². The summed E-state index contributed by atoms with van der Waals surface area (Å²) in [5.74, 6) is 0.673. The van der Waals surface area contributed by atoms with Gasteiger partial charge in [0.05, 0.1) is 28.3 Å². The molecule has 0 saturated carbocycles. The number of hydrogen-bond donors (Lipinski definition) is 3. The number of rotatable bonds is 10. The van der Waals surface area contributed by atoms with Crippen LogP contribution in [0.4, 0.5) is 23.1 Å². The van der Waals surface area contributed by atoms with Crippen LogP contribution in [-0.2, 0) is 14.4 Å². The van der Waals surface area contributed by atoms with Crippen LogP contribution in [0, 0.1) is 11.8 Å². The van der Waals surface area contributed by atoms with Gasteiger partial charge in [-0.1, -0.05) is 5.10 Å². The zero-order valence-corrected chi connectivity index (χ0v) is 40.1. The molecular formula is C50H59N15O5. The van der Waals surface area contributed by atoms with Crippen LogP contribution in [0.25, 0.3) is 22.2 Å². The normalized spacial score (nSPS) is 23.1. The van der Waals surface area contributed by atoms with Gasteiger partial charge in [-0.3, -0.25) is 44.2 Å². The first-order valence-corrected chi connectivity index (χ1v) is 24.7. The van der Waals surface area contributed by atoms with Crippen LogP contribution >= 0.6 is 0 Å². The number of carbonyl (C=O) groups is 5. The van der Waals surface area contributed by atoms with E-state index in [-0.39, 0.29) is 30.7 Å². The summed E-state index contributed by atoms with van der Waals surface area (Å²) >= 11 is 0. The lowest BCUT2D eigenvalue weighted by Gasteiger charge is -2.43. The summed E-state index contributed by atoms with van der Waals surface area (Å²) in [6.45, 7) is 15.1. The Hall–Kier alpha value is -7.06. The number of anilines is 4. The van der Waals surface area contributed by atoms with E-state index in [1.807, 2.05) is 62.3 Å². The Morgan fingerprint density at radius 3 is 2.39 bits per heavy atom. The Kier molecular flexibility index (Phi) is 11.9. The number of piperazine rings is 1. The van der Waals surface area contributed by atoms with Crippen molar-refractivity contribution in [2.24, 2.45) is 11.8 Å². The summed E-state index contributed by atoms with van der Waals surface area (Å²) in [5, 5.41) is 26.2. The van der Waals surface area contributed by atoms with E-state index in [1.54, 1.807) is 16.8 Å². The molecule has 20 nitrogen and oxygen atoms in total. The Balaban J connectivity index is 0.645. The van der Waals surface area contributed by atoms with Crippen molar-refractivity contribution in [3.8, 4) is 11.3 Å². The zero-order valence-electron chi connectivity index (χ0n) is 40.1. The average Bonchev–Trinajstić information content (AvgIpc) is 4.09. The van der Waals surface area contributed by atoms with Gasteiger partial charge in [0.2, 0.25) is 17.8 Å². The molecule has 3 atom stereocenters. The van der Waals surface area contributed by atoms with Gasteiger partial charge in [-0.25, -0.2) is 9.67 Å². The molecule has 6 aliphatic heterocycles. The van der Waals surface area contributed by atoms with Crippen molar-refractivity contribution >= 4 is 63.6 Å². The highest BCUT2D eigenvalue weighted by atomic mass is 16.2. The van der Waals surface area contributed by atoms with Gasteiger partial charge in [-0.05, 0) is 137 Å². The molecule has 3 aromatic heterocycles. The Morgan fingerprint density at radius 2 is 1.60 bits per heavy atom. The SMILES string of the molecule is CC1=C(C(=O)Nc2ccc3[nH]nc(-c4ccnc(N5CCN(CC6CCN(CC7CCN(c8ccc9c(c8)C(=O)N(C8CCC(=O)NC8=O)C9=O)CC7)CC6)[C@@H](C)C5)c4)c3c2)[C@H](C)n2nnnc2N1C. The van der Waals surface area contributed by atoms with Gasteiger partial charge in [0, 0.05) is 99.5 Å². The van der Waals surface area contributed by atoms with Crippen molar-refractivity contribution in [1.29, 1.82) is 0 Å². The van der Waals surface area contributed by atoms with Gasteiger partial charge < -0.3 is 24.9 Å². The molecule has 5 amide bonds. The Bertz CT molecular complexity index is 2930. The van der Waals surface area contributed by atoms with E-state index in [0.29, 0.717) is 46.2 Å². The molecule has 1 unspecified atom stereocenters. The summed E-state index contributed by atoms with van der Waals surface area (Å²) in [6, 6.07) is 14.4. The van der Waals surface area contributed by atoms with E-state index in [2.05, 4.69) is 63.8 Å². The number of hydrogen-bond acceptors (Lipinski definition) is 15. The van der Waals surface area contributed by atoms with Gasteiger partial charge in [0.15, 0.2) is 0 Å². The van der Waals surface area contributed by atoms with E-state index >= 15 is 0 Å². The van der Waals surface area contributed by atoms with Gasteiger partial charge in [-0.15, -0.1) is 0 Å². The number of aromatic amines is 1. The molecule has 4 saturated heterocycles. The maximum absolute atomic E-state index is 13.7. The third-order valence-electron chi connectivity index (χ3n) is 15.7. The summed E-state index contributed by atoms with van der Waals surface area (Å²) in [4.78, 5) is 82.2. The highest BCUT2D eigenvalue weighted by Crippen LogP contribution is 2.36. The number of allylic oxidation sites excluding steroid dienone is 1. The lowest BCUT2D eigenvalue weighted by Crippen LogP contribution is -2.54. The predicted octanol–water partition coefficient (Wildman–Crippen LogP) is 4.08. The summed E-state index contributed by atoms with van der Waals surface area (Å²) in [5.41, 5.74) is 6.24. The summed E-state index contributed by atoms with van der Waals surface area (Å²) in [6.07, 6.45) is 6.63. The smallest absolute Gasteiger partial charge is 0.262 e. The molecule has 20 heteroatoms. The van der Waals surface area contributed by atoms with E-state index < -0.39 is 23.8 Å². The molecule has 9 heterocycles. The molecule has 0 spiro atoms. The molecule has 4 fully saturated rings. The molecule has 70 heavy (non-hydrogen) atoms. The van der Waals surface area contributed by atoms with E-state index in [9.17, 15) is 24.0 Å². The first-order chi connectivity index (χ1) is 33.9. The van der Waals surface area contributed by atoms with E-state index in [1.165, 1.54) is 12.8 Å². The van der Waals surface area contributed by atoms with Crippen LogP contribution in [0.2, 0.25) is 0 Å². The van der Waals surface area contributed by atoms with Crippen molar-refractivity contribution in [2.45, 2.75) is 77.4 Å². The van der Waals surface area contributed by atoms with Crippen LogP contribution in [0.3, 0.4) is 0 Å². The van der Waals surface area contributed by atoms with Gasteiger partial charge in [-0.2, -0.15) is 5.10 Å². The van der Waals surface area contributed by atoms with Gasteiger partial charge >= 0.3 is 0 Å². The first kappa shape index (κ1) is 45.4. The molecule has 0 bridgehead atoms. The third kappa shape index (κ3) is 8.35. The lowest BCUT2D eigenvalue weighted by molar-refractivity contribution is -0.136. The maximum atomic E-state index is 13.7. The largest absolute Gasteiger partial charge is 0.371 e. The quantitative estimate of drug-likeness (QED) is 0.168. The highest BCUT2D eigenvalue weighted by Gasteiger charge is 2.45. The molecule has 364 valence electrons. The first-order valence-electron chi connectivity index (χ1n) is 24.7. The summed E-state index contributed by atoms with van der Waals surface area (Å²) in [7, 11) is 1.85. The molecule has 11 rings (SSSR count). The third-order valence-corrected chi connectivity index (χ3v) is 15.7. The number of fused-ring (bicyclic) bond motifs is 3. The number of aromatic nitrogens is 7. The second-order valence-corrected chi connectivity index (χ2v) is 20.0. The fraction of sp³-hybridized carbons (Fsp3) is 0.480. The molecule has 6 aliphatic rings. The number of imide groups is 2. The fourth-order valence-electron chi connectivity index (χ4n) is 11.6. The maximum Gasteiger partial charge on any atom is 0.262 e. The number of amides is 5. The standard InChI is InChI=1S/C50H59N15O5/c1-29-26-63(42-23-34(11-16-51-42)45-39-24-35(5-8-40(39)54-55-45)52-47(68)44-30(2)59(4)50-56-57-58-65(50)31(44)3)22-21-62(29)28-33-12-17-60(18-13-33)27-32-14-19-61(20-15-32)36-6-7-37-38(25-36)49(70)64(48(37)69)41-9-10-43(66)53-46(41)67/h5-8,11,16,23-25,29,31-33,41H,9-10,12-15,17-22,26-28H2,1-4H3,(H,52,68)(H,54,55)(H,53,66,67)/t29-,31-,41?/m0/s1. The number of nitrogens with zero attached hydrogens (tertiary/aromatic N) is 12. The monoisotopic (exact) mass is 949 g/mol. The van der Waals surface area contributed by atoms with Crippen LogP contribution in [-0.4, -0.2) is 158 Å². The molecule has 3 N–H and O–H groups in total. The second kappa shape index (κ2) is 18.4. The molecule has 0 aliphatic carbocycles. The number of likely N-dealkylation sites (tertiary alicyclic amines) is 1. The van der Waals surface area contributed by atoms with Crippen LogP contribution < -0.4 is 25.3 Å². The van der Waals surface area contributed by atoms with E-state index in [4.69, 9.17) is 10.1 Å². The Morgan fingerprint density at radius 1 is 0.829 bits per heavy atom. The minimum absolute atomic E-state index is 0.0996. The number of H-pyrrole nitrogens is 1. The van der Waals surface area contributed by atoms with E-state index in [0.717, 1.165) is 116 Å². The van der Waals surface area contributed by atoms with Crippen LogP contribution in [0.1, 0.15) is 86.1 Å². The van der Waals surface area contributed by atoms with Gasteiger partial charge in [0.1, 0.15) is 17.6 Å². The predicted molar refractivity (Wildman–Crippen MR) is 262 cm³/mol. The zero-order chi connectivity index (χ0) is 48.4. The second-order valence-electron chi connectivity index (χ2n) is 20.0. The number of carbonyl (C=O) groups excluding carboxylic acids is 5. The fourth-order valence-corrected chi connectivity index (χ4v) is 11.6. The van der Waals surface area contributed by atoms with Crippen molar-refractivity contribution in [3.63, 3.8) is 0 Å². The number of nitrogens with one attached hydrogen (secondary N) is 3. The number of benzene rings is 2. The number of piperidine rings is 3. The van der Waals surface area contributed by atoms with Crippen molar-refractivity contribution in [2.75, 3.05) is 86.0 Å². The minimum Gasteiger partial charge on any atom is -0.371 e. The van der Waals surface area contributed by atoms with Crippen LogP contribution in [0.15, 0.2) is 66.0 Å².